The minimum absolute atomic E-state index is 0.150. The van der Waals surface area contributed by atoms with Crippen molar-refractivity contribution in [1.82, 2.24) is 9.88 Å². The van der Waals surface area contributed by atoms with E-state index in [9.17, 15) is 9.59 Å². The van der Waals surface area contributed by atoms with Crippen molar-refractivity contribution in [3.05, 3.63) is 35.0 Å². The maximum absolute atomic E-state index is 12.7. The van der Waals surface area contributed by atoms with Gasteiger partial charge in [0.15, 0.2) is 0 Å². The van der Waals surface area contributed by atoms with Gasteiger partial charge in [-0.05, 0) is 37.1 Å². The van der Waals surface area contributed by atoms with E-state index in [0.29, 0.717) is 10.7 Å². The highest BCUT2D eigenvalue weighted by atomic mass is 35.5. The topological polar surface area (TPSA) is 73.4 Å². The predicted molar refractivity (Wildman–Crippen MR) is 84.2 cm³/mol. The summed E-state index contributed by atoms with van der Waals surface area (Å²) in [6.45, 7) is 1.85. The first kappa shape index (κ1) is 14.9. The van der Waals surface area contributed by atoms with Crippen molar-refractivity contribution in [3.8, 4) is 0 Å². The first-order valence-electron chi connectivity index (χ1n) is 7.28. The SMILES string of the molecule is CC(CN(C(=O)c1cc2cc(Cl)ccc2[nH]1)C1CC1)C(=O)O. The van der Waals surface area contributed by atoms with Gasteiger partial charge >= 0.3 is 5.97 Å². The predicted octanol–water partition coefficient (Wildman–Crippen LogP) is 3.15. The lowest BCUT2D eigenvalue weighted by Crippen LogP contribution is -2.38. The molecule has 1 aliphatic carbocycles. The second-order valence-corrected chi connectivity index (χ2v) is 6.28. The molecule has 1 aromatic heterocycles. The third kappa shape index (κ3) is 2.95. The molecule has 1 atom stereocenters. The van der Waals surface area contributed by atoms with Crippen LogP contribution in [-0.4, -0.2) is 39.5 Å². The molecule has 1 unspecified atom stereocenters. The zero-order valence-electron chi connectivity index (χ0n) is 12.2. The monoisotopic (exact) mass is 320 g/mol. The Labute approximate surface area is 132 Å². The summed E-state index contributed by atoms with van der Waals surface area (Å²) < 4.78 is 0. The Balaban J connectivity index is 1.86. The van der Waals surface area contributed by atoms with Gasteiger partial charge in [-0.1, -0.05) is 18.5 Å². The first-order valence-corrected chi connectivity index (χ1v) is 7.65. The van der Waals surface area contributed by atoms with Crippen LogP contribution in [0.2, 0.25) is 5.02 Å². The number of H-pyrrole nitrogens is 1. The van der Waals surface area contributed by atoms with Crippen LogP contribution in [0.25, 0.3) is 10.9 Å². The summed E-state index contributed by atoms with van der Waals surface area (Å²) in [7, 11) is 0. The number of rotatable bonds is 5. The van der Waals surface area contributed by atoms with Crippen molar-refractivity contribution in [2.45, 2.75) is 25.8 Å². The lowest BCUT2D eigenvalue weighted by atomic mass is 10.1. The number of hydrogen-bond donors (Lipinski definition) is 2. The van der Waals surface area contributed by atoms with Gasteiger partial charge < -0.3 is 15.0 Å². The molecular weight excluding hydrogens is 304 g/mol. The number of hydrogen-bond acceptors (Lipinski definition) is 2. The number of nitrogens with one attached hydrogen (secondary N) is 1. The quantitative estimate of drug-likeness (QED) is 0.888. The van der Waals surface area contributed by atoms with E-state index in [4.69, 9.17) is 16.7 Å². The van der Waals surface area contributed by atoms with Crippen molar-refractivity contribution >= 4 is 34.4 Å². The molecule has 0 saturated heterocycles. The number of carbonyl (C=O) groups is 2. The van der Waals surface area contributed by atoms with E-state index in [-0.39, 0.29) is 18.5 Å². The number of carboxylic acid groups (broad SMARTS) is 1. The molecule has 116 valence electrons. The summed E-state index contributed by atoms with van der Waals surface area (Å²) in [5.74, 6) is -1.62. The molecule has 1 aliphatic rings. The van der Waals surface area contributed by atoms with Crippen molar-refractivity contribution in [2.24, 2.45) is 5.92 Å². The van der Waals surface area contributed by atoms with Gasteiger partial charge in [0.2, 0.25) is 0 Å². The number of aromatic amines is 1. The Hall–Kier alpha value is -2.01. The summed E-state index contributed by atoms with van der Waals surface area (Å²) in [6.07, 6.45) is 1.87. The standard InChI is InChI=1S/C16H17ClN2O3/c1-9(16(21)22)8-19(12-3-4-12)15(20)14-7-10-6-11(17)2-5-13(10)18-14/h2,5-7,9,12,18H,3-4,8H2,1H3,(H,21,22). The number of carbonyl (C=O) groups excluding carboxylic acids is 1. The van der Waals surface area contributed by atoms with Gasteiger partial charge in [0.1, 0.15) is 5.69 Å². The Morgan fingerprint density at radius 3 is 2.77 bits per heavy atom. The van der Waals surface area contributed by atoms with Crippen molar-refractivity contribution in [2.75, 3.05) is 6.54 Å². The van der Waals surface area contributed by atoms with E-state index in [1.807, 2.05) is 6.07 Å². The number of fused-ring (bicyclic) bond motifs is 1. The normalized spacial score (nSPS) is 15.7. The van der Waals surface area contributed by atoms with Gasteiger partial charge in [0.25, 0.3) is 5.91 Å². The lowest BCUT2D eigenvalue weighted by Gasteiger charge is -2.23. The first-order chi connectivity index (χ1) is 10.5. The second kappa shape index (κ2) is 5.65. The van der Waals surface area contributed by atoms with Crippen LogP contribution in [0.5, 0.6) is 0 Å². The molecule has 0 bridgehead atoms. The Bertz CT molecular complexity index is 736. The fourth-order valence-electron chi connectivity index (χ4n) is 2.53. The fraction of sp³-hybridized carbons (Fsp3) is 0.375. The van der Waals surface area contributed by atoms with Crippen LogP contribution < -0.4 is 0 Å². The summed E-state index contributed by atoms with van der Waals surface area (Å²) in [6, 6.07) is 7.31. The molecule has 6 heteroatoms. The molecule has 0 aliphatic heterocycles. The van der Waals surface area contributed by atoms with E-state index in [1.54, 1.807) is 30.0 Å². The number of aliphatic carboxylic acids is 1. The third-order valence-electron chi connectivity index (χ3n) is 3.95. The molecule has 1 saturated carbocycles. The molecule has 5 nitrogen and oxygen atoms in total. The summed E-state index contributed by atoms with van der Waals surface area (Å²) >= 11 is 5.96. The summed E-state index contributed by atoms with van der Waals surface area (Å²) in [5, 5.41) is 10.6. The maximum atomic E-state index is 12.7. The van der Waals surface area contributed by atoms with Crippen LogP contribution in [0.1, 0.15) is 30.3 Å². The molecule has 22 heavy (non-hydrogen) atoms. The number of nitrogens with zero attached hydrogens (tertiary/aromatic N) is 1. The summed E-state index contributed by atoms with van der Waals surface area (Å²) in [4.78, 5) is 28.5. The molecule has 0 spiro atoms. The Kier molecular flexibility index (Phi) is 3.83. The number of halogens is 1. The Morgan fingerprint density at radius 1 is 1.41 bits per heavy atom. The average molecular weight is 321 g/mol. The number of amides is 1. The van der Waals surface area contributed by atoms with Crippen LogP contribution >= 0.6 is 11.6 Å². The molecular formula is C16H17ClN2O3. The van der Waals surface area contributed by atoms with Crippen LogP contribution in [0.4, 0.5) is 0 Å². The fourth-order valence-corrected chi connectivity index (χ4v) is 2.71. The van der Waals surface area contributed by atoms with E-state index < -0.39 is 11.9 Å². The minimum Gasteiger partial charge on any atom is -0.481 e. The lowest BCUT2D eigenvalue weighted by molar-refractivity contribution is -0.141. The largest absolute Gasteiger partial charge is 0.481 e. The van der Waals surface area contributed by atoms with E-state index in [1.165, 1.54) is 0 Å². The third-order valence-corrected chi connectivity index (χ3v) is 4.19. The molecule has 1 fully saturated rings. The van der Waals surface area contributed by atoms with Crippen LogP contribution in [0.3, 0.4) is 0 Å². The van der Waals surface area contributed by atoms with E-state index in [2.05, 4.69) is 4.98 Å². The van der Waals surface area contributed by atoms with E-state index >= 15 is 0 Å². The second-order valence-electron chi connectivity index (χ2n) is 5.84. The number of carboxylic acids is 1. The van der Waals surface area contributed by atoms with E-state index in [0.717, 1.165) is 23.7 Å². The molecule has 3 rings (SSSR count). The molecule has 1 amide bonds. The summed E-state index contributed by atoms with van der Waals surface area (Å²) in [5.41, 5.74) is 1.32. The highest BCUT2D eigenvalue weighted by molar-refractivity contribution is 6.31. The number of benzene rings is 1. The van der Waals surface area contributed by atoms with Crippen molar-refractivity contribution < 1.29 is 14.7 Å². The average Bonchev–Trinajstić information content (AvgIpc) is 3.22. The molecule has 2 aromatic rings. The van der Waals surface area contributed by atoms with Gasteiger partial charge in [-0.25, -0.2) is 0 Å². The Morgan fingerprint density at radius 2 is 2.14 bits per heavy atom. The highest BCUT2D eigenvalue weighted by Crippen LogP contribution is 2.30. The van der Waals surface area contributed by atoms with Gasteiger partial charge in [0.05, 0.1) is 5.92 Å². The zero-order valence-corrected chi connectivity index (χ0v) is 12.9. The molecule has 0 radical (unpaired) electrons. The molecule has 2 N–H and O–H groups in total. The van der Waals surface area contributed by atoms with Crippen molar-refractivity contribution in [3.63, 3.8) is 0 Å². The molecule has 1 heterocycles. The van der Waals surface area contributed by atoms with Gasteiger partial charge in [0, 0.05) is 28.5 Å². The minimum atomic E-state index is -0.887. The smallest absolute Gasteiger partial charge is 0.308 e. The zero-order chi connectivity index (χ0) is 15.9. The number of aromatic nitrogens is 1. The van der Waals surface area contributed by atoms with Crippen LogP contribution in [0, 0.1) is 5.92 Å². The van der Waals surface area contributed by atoms with Crippen LogP contribution in [0.15, 0.2) is 24.3 Å². The maximum Gasteiger partial charge on any atom is 0.308 e. The highest BCUT2D eigenvalue weighted by Gasteiger charge is 2.35. The van der Waals surface area contributed by atoms with Gasteiger partial charge in [-0.3, -0.25) is 9.59 Å². The van der Waals surface area contributed by atoms with Crippen molar-refractivity contribution in [1.29, 1.82) is 0 Å². The van der Waals surface area contributed by atoms with Gasteiger partial charge in [-0.15, -0.1) is 0 Å². The van der Waals surface area contributed by atoms with Crippen LogP contribution in [-0.2, 0) is 4.79 Å². The molecule has 1 aromatic carbocycles. The van der Waals surface area contributed by atoms with Gasteiger partial charge in [-0.2, -0.15) is 0 Å².